The average Bonchev–Trinajstić information content (AvgIpc) is 2.82. The number of nitrogen functional groups attached to an aromatic ring is 1. The maximum absolute atomic E-state index is 11.8. The Morgan fingerprint density at radius 3 is 2.90 bits per heavy atom. The highest BCUT2D eigenvalue weighted by molar-refractivity contribution is 9.10. The van der Waals surface area contributed by atoms with Crippen LogP contribution in [0, 0.1) is 0 Å². The minimum Gasteiger partial charge on any atom is -0.465 e. The van der Waals surface area contributed by atoms with Gasteiger partial charge in [-0.3, -0.25) is 0 Å². The molecule has 0 fully saturated rings. The molecule has 2 N–H and O–H groups in total. The van der Waals surface area contributed by atoms with Gasteiger partial charge in [0.15, 0.2) is 0 Å². The summed E-state index contributed by atoms with van der Waals surface area (Å²) in [5.74, 6) is 0.106. The number of pyridine rings is 1. The van der Waals surface area contributed by atoms with Gasteiger partial charge in [-0.25, -0.2) is 9.78 Å². The summed E-state index contributed by atoms with van der Waals surface area (Å²) in [6, 6.07) is 3.62. The maximum atomic E-state index is 11.8. The Kier molecular flexibility index (Phi) is 4.61. The number of halogens is 1. The van der Waals surface area contributed by atoms with Crippen molar-refractivity contribution in [3.05, 3.63) is 38.6 Å². The van der Waals surface area contributed by atoms with Crippen LogP contribution in [0.25, 0.3) is 0 Å². The Morgan fingerprint density at radius 1 is 1.55 bits per heavy atom. The van der Waals surface area contributed by atoms with Gasteiger partial charge in [0.1, 0.15) is 11.4 Å². The van der Waals surface area contributed by atoms with Crippen LogP contribution < -0.4 is 10.6 Å². The molecule has 0 bridgehead atoms. The molecule has 7 heteroatoms. The molecule has 0 aliphatic carbocycles. The van der Waals surface area contributed by atoms with Crippen LogP contribution in [-0.4, -0.2) is 25.1 Å². The van der Waals surface area contributed by atoms with E-state index < -0.39 is 5.97 Å². The molecule has 0 atom stereocenters. The lowest BCUT2D eigenvalue weighted by atomic mass is 10.2. The Labute approximate surface area is 129 Å². The first-order valence-corrected chi connectivity index (χ1v) is 7.46. The number of nitrogens with zero attached hydrogens (tertiary/aromatic N) is 2. The predicted octanol–water partition coefficient (Wildman–Crippen LogP) is 2.91. The summed E-state index contributed by atoms with van der Waals surface area (Å²) in [5, 5.41) is 2.01. The Balaban J connectivity index is 2.29. The highest BCUT2D eigenvalue weighted by atomic mass is 79.9. The van der Waals surface area contributed by atoms with Crippen LogP contribution in [-0.2, 0) is 11.3 Å². The quantitative estimate of drug-likeness (QED) is 0.854. The van der Waals surface area contributed by atoms with Crippen molar-refractivity contribution in [2.45, 2.75) is 6.54 Å². The molecule has 20 heavy (non-hydrogen) atoms. The molecule has 0 unspecified atom stereocenters. The van der Waals surface area contributed by atoms with Crippen LogP contribution in [0.4, 0.5) is 11.5 Å². The highest BCUT2D eigenvalue weighted by Gasteiger charge is 2.17. The zero-order chi connectivity index (χ0) is 14.7. The van der Waals surface area contributed by atoms with Gasteiger partial charge in [-0.2, -0.15) is 0 Å². The molecule has 2 aromatic rings. The van der Waals surface area contributed by atoms with Crippen molar-refractivity contribution in [1.82, 2.24) is 4.98 Å². The van der Waals surface area contributed by atoms with Crippen molar-refractivity contribution in [3.8, 4) is 0 Å². The average molecular weight is 356 g/mol. The number of thiophene rings is 1. The largest absolute Gasteiger partial charge is 0.465 e. The summed E-state index contributed by atoms with van der Waals surface area (Å²) in [6.07, 6.45) is 1.53. The zero-order valence-corrected chi connectivity index (χ0v) is 13.5. The van der Waals surface area contributed by atoms with Gasteiger partial charge in [-0.05, 0) is 28.1 Å². The number of aromatic nitrogens is 1. The van der Waals surface area contributed by atoms with Crippen molar-refractivity contribution in [2.75, 3.05) is 24.8 Å². The number of carbonyl (C=O) groups is 1. The lowest BCUT2D eigenvalue weighted by Crippen LogP contribution is -2.21. The number of rotatable bonds is 4. The number of carbonyl (C=O) groups excluding carboxylic acids is 1. The fourth-order valence-corrected chi connectivity index (χ4v) is 3.29. The molecule has 0 saturated carbocycles. The van der Waals surface area contributed by atoms with Crippen LogP contribution in [0.15, 0.2) is 28.2 Å². The van der Waals surface area contributed by atoms with Gasteiger partial charge in [0.25, 0.3) is 0 Å². The third-order valence-electron chi connectivity index (χ3n) is 2.67. The van der Waals surface area contributed by atoms with Gasteiger partial charge in [0.2, 0.25) is 0 Å². The van der Waals surface area contributed by atoms with Crippen LogP contribution in [0.1, 0.15) is 15.2 Å². The van der Waals surface area contributed by atoms with Gasteiger partial charge in [0, 0.05) is 21.8 Å². The van der Waals surface area contributed by atoms with Crippen LogP contribution in [0.3, 0.4) is 0 Å². The minimum atomic E-state index is -0.445. The first kappa shape index (κ1) is 14.8. The fourth-order valence-electron chi connectivity index (χ4n) is 1.78. The fraction of sp³-hybridized carbons (Fsp3) is 0.231. The van der Waals surface area contributed by atoms with Crippen LogP contribution in [0.2, 0.25) is 0 Å². The van der Waals surface area contributed by atoms with Gasteiger partial charge < -0.3 is 15.4 Å². The highest BCUT2D eigenvalue weighted by Crippen LogP contribution is 2.25. The molecular formula is C13H14BrN3O2S. The normalized spacial score (nSPS) is 10.3. The number of ether oxygens (including phenoxy) is 1. The van der Waals surface area contributed by atoms with E-state index >= 15 is 0 Å². The van der Waals surface area contributed by atoms with E-state index in [0.29, 0.717) is 23.6 Å². The van der Waals surface area contributed by atoms with Crippen molar-refractivity contribution in [3.63, 3.8) is 0 Å². The summed E-state index contributed by atoms with van der Waals surface area (Å²) in [7, 11) is 3.21. The maximum Gasteiger partial charge on any atom is 0.341 e. The summed E-state index contributed by atoms with van der Waals surface area (Å²) >= 11 is 5.06. The van der Waals surface area contributed by atoms with Gasteiger partial charge in [-0.1, -0.05) is 0 Å². The molecule has 0 spiro atoms. The van der Waals surface area contributed by atoms with E-state index in [0.717, 1.165) is 9.35 Å². The molecule has 2 heterocycles. The monoisotopic (exact) mass is 355 g/mol. The molecule has 106 valence electrons. The Bertz CT molecular complexity index is 630. The topological polar surface area (TPSA) is 68.5 Å². The molecule has 5 nitrogen and oxygen atoms in total. The minimum absolute atomic E-state index is 0.366. The number of hydrogen-bond donors (Lipinski definition) is 1. The summed E-state index contributed by atoms with van der Waals surface area (Å²) in [5.41, 5.74) is 6.48. The molecule has 2 aromatic heterocycles. The second-order valence-corrected chi connectivity index (χ2v) is 6.13. The number of esters is 1. The van der Waals surface area contributed by atoms with Gasteiger partial charge in [0.05, 0.1) is 25.5 Å². The Hall–Kier alpha value is -1.60. The van der Waals surface area contributed by atoms with E-state index in [1.54, 1.807) is 17.4 Å². The SMILES string of the molecule is COC(=O)c1cc(N)cnc1N(C)Cc1cc(Br)cs1. The summed E-state index contributed by atoms with van der Waals surface area (Å²) in [4.78, 5) is 19.1. The molecule has 0 aromatic carbocycles. The van der Waals surface area contributed by atoms with Crippen LogP contribution >= 0.6 is 27.3 Å². The van der Waals surface area contributed by atoms with Gasteiger partial charge >= 0.3 is 5.97 Å². The van der Waals surface area contributed by atoms with Crippen molar-refractivity contribution < 1.29 is 9.53 Å². The molecule has 0 radical (unpaired) electrons. The number of nitrogens with two attached hydrogens (primary N) is 1. The summed E-state index contributed by atoms with van der Waals surface area (Å²) in [6.45, 7) is 0.650. The zero-order valence-electron chi connectivity index (χ0n) is 11.1. The number of anilines is 2. The number of methoxy groups -OCH3 is 1. The smallest absolute Gasteiger partial charge is 0.341 e. The summed E-state index contributed by atoms with van der Waals surface area (Å²) < 4.78 is 5.82. The number of hydrogen-bond acceptors (Lipinski definition) is 6. The van der Waals surface area contributed by atoms with Crippen LogP contribution in [0.5, 0.6) is 0 Å². The molecule has 2 rings (SSSR count). The predicted molar refractivity (Wildman–Crippen MR) is 84.1 cm³/mol. The van der Waals surface area contributed by atoms with Crippen molar-refractivity contribution >= 4 is 44.7 Å². The molecule has 0 aliphatic rings. The molecule has 0 aliphatic heterocycles. The van der Waals surface area contributed by atoms with Gasteiger partial charge in [-0.15, -0.1) is 11.3 Å². The first-order valence-electron chi connectivity index (χ1n) is 5.79. The second kappa shape index (κ2) is 6.23. The van der Waals surface area contributed by atoms with E-state index in [9.17, 15) is 4.79 Å². The van der Waals surface area contributed by atoms with E-state index in [4.69, 9.17) is 10.5 Å². The Morgan fingerprint density at radius 2 is 2.30 bits per heavy atom. The lowest BCUT2D eigenvalue weighted by Gasteiger charge is -2.19. The second-order valence-electron chi connectivity index (χ2n) is 4.22. The lowest BCUT2D eigenvalue weighted by molar-refractivity contribution is 0.0601. The van der Waals surface area contributed by atoms with Crippen molar-refractivity contribution in [2.24, 2.45) is 0 Å². The molecule has 0 amide bonds. The standard InChI is InChI=1S/C13H14BrN3O2S/c1-17(6-10-3-8(14)7-20-10)12-11(13(18)19-2)4-9(15)5-16-12/h3-5,7H,6,15H2,1-2H3. The van der Waals surface area contributed by atoms with Crippen molar-refractivity contribution in [1.29, 1.82) is 0 Å². The van der Waals surface area contributed by atoms with E-state index in [1.807, 2.05) is 23.4 Å². The van der Waals surface area contributed by atoms with E-state index in [1.165, 1.54) is 13.3 Å². The van der Waals surface area contributed by atoms with E-state index in [2.05, 4.69) is 20.9 Å². The third kappa shape index (κ3) is 3.29. The molecular weight excluding hydrogens is 342 g/mol. The first-order chi connectivity index (χ1) is 9.51. The molecule has 0 saturated heterocycles. The van der Waals surface area contributed by atoms with E-state index in [-0.39, 0.29) is 0 Å². The third-order valence-corrected chi connectivity index (χ3v) is 4.35.